The lowest BCUT2D eigenvalue weighted by molar-refractivity contribution is -0.195. The highest BCUT2D eigenvalue weighted by Crippen LogP contribution is 2.73. The lowest BCUT2D eigenvalue weighted by atomic mass is 9.33. The van der Waals surface area contributed by atoms with Gasteiger partial charge in [0.05, 0.1) is 5.41 Å². The molecule has 0 radical (unpaired) electrons. The third-order valence-corrected chi connectivity index (χ3v) is 4.09. The van der Waals surface area contributed by atoms with E-state index in [1.54, 1.807) is 0 Å². The Kier molecular flexibility index (Phi) is 1.77. The maximum Gasteiger partial charge on any atom is 0.309 e. The monoisotopic (exact) mass is 242 g/mol. The third-order valence-electron chi connectivity index (χ3n) is 4.09. The Balaban J connectivity index is 1.95. The van der Waals surface area contributed by atoms with Crippen LogP contribution in [0, 0.1) is 22.9 Å². The van der Waals surface area contributed by atoms with Gasteiger partial charge in [0.15, 0.2) is 17.5 Å². The fourth-order valence-electron chi connectivity index (χ4n) is 3.24. The molecule has 2 bridgehead atoms. The molecule has 3 aliphatic carbocycles. The maximum absolute atomic E-state index is 13.6. The van der Waals surface area contributed by atoms with Gasteiger partial charge < -0.3 is 5.11 Å². The number of rotatable bonds is 2. The average molecular weight is 242 g/mol. The van der Waals surface area contributed by atoms with Crippen LogP contribution in [0.3, 0.4) is 0 Å². The van der Waals surface area contributed by atoms with Crippen molar-refractivity contribution in [3.8, 4) is 0 Å². The zero-order valence-electron chi connectivity index (χ0n) is 8.77. The largest absolute Gasteiger partial charge is 0.481 e. The lowest BCUT2D eigenvalue weighted by Gasteiger charge is -2.68. The first-order chi connectivity index (χ1) is 7.90. The minimum atomic E-state index is -1.48. The molecule has 90 valence electrons. The second kappa shape index (κ2) is 2.83. The van der Waals surface area contributed by atoms with E-state index in [1.165, 1.54) is 6.07 Å². The number of benzene rings is 1. The number of carboxylic acids is 1. The van der Waals surface area contributed by atoms with E-state index < -0.39 is 34.3 Å². The Morgan fingerprint density at radius 3 is 2.24 bits per heavy atom. The van der Waals surface area contributed by atoms with E-state index in [0.717, 1.165) is 6.07 Å². The number of carboxylic acid groups (broad SMARTS) is 1. The molecule has 1 N–H and O–H groups in total. The van der Waals surface area contributed by atoms with Gasteiger partial charge in [0, 0.05) is 5.41 Å². The highest BCUT2D eigenvalue weighted by molar-refractivity contribution is 5.80. The molecule has 0 amide bonds. The number of aliphatic carboxylic acids is 1. The van der Waals surface area contributed by atoms with Crippen molar-refractivity contribution in [1.29, 1.82) is 0 Å². The summed E-state index contributed by atoms with van der Waals surface area (Å²) in [6.07, 6.45) is 0.950. The molecule has 0 atom stereocenters. The first-order valence-electron chi connectivity index (χ1n) is 5.28. The lowest BCUT2D eigenvalue weighted by Crippen LogP contribution is -2.68. The van der Waals surface area contributed by atoms with Crippen molar-refractivity contribution in [2.45, 2.75) is 24.7 Å². The highest BCUT2D eigenvalue weighted by Gasteiger charge is 2.73. The van der Waals surface area contributed by atoms with Crippen molar-refractivity contribution < 1.29 is 23.1 Å². The minimum Gasteiger partial charge on any atom is -0.481 e. The normalized spacial score (nSPS) is 33.8. The maximum atomic E-state index is 13.6. The zero-order chi connectivity index (χ0) is 12.4. The molecule has 1 aromatic carbocycles. The standard InChI is InChI=1S/C12H9F3O2/c13-7-2-1-6(8(14)9(7)15)11-3-12(4-11,5-11)10(16)17/h1-2H,3-5H2,(H,16,17). The fourth-order valence-corrected chi connectivity index (χ4v) is 3.24. The van der Waals surface area contributed by atoms with E-state index >= 15 is 0 Å². The quantitative estimate of drug-likeness (QED) is 0.809. The second-order valence-corrected chi connectivity index (χ2v) is 5.12. The zero-order valence-corrected chi connectivity index (χ0v) is 8.77. The predicted octanol–water partition coefficient (Wildman–Crippen LogP) is 2.61. The van der Waals surface area contributed by atoms with E-state index in [-0.39, 0.29) is 5.56 Å². The highest BCUT2D eigenvalue weighted by atomic mass is 19.2. The van der Waals surface area contributed by atoms with Gasteiger partial charge in [-0.25, -0.2) is 13.2 Å². The van der Waals surface area contributed by atoms with E-state index in [9.17, 15) is 18.0 Å². The van der Waals surface area contributed by atoms with Crippen LogP contribution in [-0.2, 0) is 10.2 Å². The van der Waals surface area contributed by atoms with Crippen molar-refractivity contribution in [3.05, 3.63) is 35.1 Å². The molecule has 5 heteroatoms. The van der Waals surface area contributed by atoms with Crippen molar-refractivity contribution in [2.75, 3.05) is 0 Å². The number of hydrogen-bond donors (Lipinski definition) is 1. The van der Waals surface area contributed by atoms with Gasteiger partial charge in [-0.15, -0.1) is 0 Å². The van der Waals surface area contributed by atoms with Gasteiger partial charge in [0.2, 0.25) is 0 Å². The number of carbonyl (C=O) groups is 1. The first kappa shape index (κ1) is 10.6. The van der Waals surface area contributed by atoms with Crippen LogP contribution in [0.1, 0.15) is 24.8 Å². The Labute approximate surface area is 95.1 Å². The van der Waals surface area contributed by atoms with E-state index in [4.69, 9.17) is 5.11 Å². The molecule has 4 rings (SSSR count). The predicted molar refractivity (Wildman–Crippen MR) is 51.9 cm³/mol. The van der Waals surface area contributed by atoms with E-state index in [2.05, 4.69) is 0 Å². The van der Waals surface area contributed by atoms with Gasteiger partial charge in [-0.05, 0) is 30.9 Å². The molecule has 3 aliphatic rings. The van der Waals surface area contributed by atoms with Gasteiger partial charge in [0.1, 0.15) is 0 Å². The van der Waals surface area contributed by atoms with Crippen LogP contribution >= 0.6 is 0 Å². The topological polar surface area (TPSA) is 37.3 Å². The minimum absolute atomic E-state index is 0.111. The van der Waals surface area contributed by atoms with Crippen LogP contribution in [0.5, 0.6) is 0 Å². The SMILES string of the molecule is O=C(O)C12CC(c3ccc(F)c(F)c3F)(C1)C2. The Morgan fingerprint density at radius 1 is 1.12 bits per heavy atom. The van der Waals surface area contributed by atoms with E-state index in [1.807, 2.05) is 0 Å². The molecule has 0 saturated heterocycles. The average Bonchev–Trinajstić information content (AvgIpc) is 2.13. The summed E-state index contributed by atoms with van der Waals surface area (Å²) in [7, 11) is 0. The van der Waals surface area contributed by atoms with Gasteiger partial charge >= 0.3 is 5.97 Å². The van der Waals surface area contributed by atoms with Crippen molar-refractivity contribution in [3.63, 3.8) is 0 Å². The summed E-state index contributed by atoms with van der Waals surface area (Å²) < 4.78 is 39.4. The molecule has 3 fully saturated rings. The molecule has 0 unspecified atom stereocenters. The smallest absolute Gasteiger partial charge is 0.309 e. The third kappa shape index (κ3) is 1.09. The Morgan fingerprint density at radius 2 is 1.71 bits per heavy atom. The molecule has 0 aromatic heterocycles. The summed E-state index contributed by atoms with van der Waals surface area (Å²) in [6.45, 7) is 0. The van der Waals surface area contributed by atoms with Crippen LogP contribution in [0.2, 0.25) is 0 Å². The Bertz CT molecular complexity index is 519. The number of halogens is 3. The van der Waals surface area contributed by atoms with Crippen molar-refractivity contribution >= 4 is 5.97 Å². The number of hydrogen-bond acceptors (Lipinski definition) is 1. The Hall–Kier alpha value is -1.52. The van der Waals surface area contributed by atoms with Crippen LogP contribution < -0.4 is 0 Å². The molecule has 17 heavy (non-hydrogen) atoms. The summed E-state index contributed by atoms with van der Waals surface area (Å²) in [5, 5.41) is 8.93. The molecule has 2 nitrogen and oxygen atoms in total. The fraction of sp³-hybridized carbons (Fsp3) is 0.417. The van der Waals surface area contributed by atoms with Crippen molar-refractivity contribution in [2.24, 2.45) is 5.41 Å². The second-order valence-electron chi connectivity index (χ2n) is 5.12. The van der Waals surface area contributed by atoms with Crippen LogP contribution in [0.4, 0.5) is 13.2 Å². The first-order valence-corrected chi connectivity index (χ1v) is 5.28. The van der Waals surface area contributed by atoms with E-state index in [0.29, 0.717) is 19.3 Å². The van der Waals surface area contributed by atoms with Gasteiger partial charge in [0.25, 0.3) is 0 Å². The van der Waals surface area contributed by atoms with Crippen LogP contribution in [-0.4, -0.2) is 11.1 Å². The van der Waals surface area contributed by atoms with Crippen LogP contribution in [0.25, 0.3) is 0 Å². The molecule has 0 spiro atoms. The van der Waals surface area contributed by atoms with Crippen LogP contribution in [0.15, 0.2) is 12.1 Å². The van der Waals surface area contributed by atoms with Crippen molar-refractivity contribution in [1.82, 2.24) is 0 Å². The van der Waals surface area contributed by atoms with Gasteiger partial charge in [-0.1, -0.05) is 6.07 Å². The summed E-state index contributed by atoms with van der Waals surface area (Å²) >= 11 is 0. The summed E-state index contributed by atoms with van der Waals surface area (Å²) in [5.74, 6) is -4.76. The molecule has 1 aromatic rings. The molecule has 0 aliphatic heterocycles. The molecule has 3 saturated carbocycles. The molecular weight excluding hydrogens is 233 g/mol. The molecular formula is C12H9F3O2. The summed E-state index contributed by atoms with van der Waals surface area (Å²) in [4.78, 5) is 10.9. The molecule has 0 heterocycles. The summed E-state index contributed by atoms with van der Waals surface area (Å²) in [6, 6.07) is 2.11. The van der Waals surface area contributed by atoms with Gasteiger partial charge in [-0.3, -0.25) is 4.79 Å². The summed E-state index contributed by atoms with van der Waals surface area (Å²) in [5.41, 5.74) is -1.23. The van der Waals surface area contributed by atoms with Gasteiger partial charge in [-0.2, -0.15) is 0 Å².